The maximum absolute atomic E-state index is 11.1. The summed E-state index contributed by atoms with van der Waals surface area (Å²) in [5.74, 6) is -0.965. The SMILES string of the molecule is CN1CCN(Cc2cc(C(=O)O)nn2C(C)(C)C)CC1. The Kier molecular flexibility index (Phi) is 4.15. The summed E-state index contributed by atoms with van der Waals surface area (Å²) < 4.78 is 1.84. The number of aromatic carboxylic acids is 1. The lowest BCUT2D eigenvalue weighted by atomic mass is 10.1. The molecule has 0 bridgehead atoms. The number of carboxylic acid groups (broad SMARTS) is 1. The maximum atomic E-state index is 11.1. The van der Waals surface area contributed by atoms with Crippen LogP contribution in [-0.2, 0) is 12.1 Å². The molecule has 0 unspecified atom stereocenters. The van der Waals surface area contributed by atoms with E-state index in [9.17, 15) is 4.79 Å². The van der Waals surface area contributed by atoms with Crippen molar-refractivity contribution < 1.29 is 9.90 Å². The van der Waals surface area contributed by atoms with E-state index >= 15 is 0 Å². The molecule has 0 amide bonds. The van der Waals surface area contributed by atoms with Gasteiger partial charge < -0.3 is 10.0 Å². The summed E-state index contributed by atoms with van der Waals surface area (Å²) in [5.41, 5.74) is 0.888. The number of likely N-dealkylation sites (N-methyl/N-ethyl adjacent to an activating group) is 1. The summed E-state index contributed by atoms with van der Waals surface area (Å²) in [6.07, 6.45) is 0. The number of hydrogen-bond donors (Lipinski definition) is 1. The molecule has 1 aromatic rings. The summed E-state index contributed by atoms with van der Waals surface area (Å²) in [5, 5.41) is 13.4. The van der Waals surface area contributed by atoms with E-state index in [0.29, 0.717) is 0 Å². The molecule has 6 heteroatoms. The van der Waals surface area contributed by atoms with Gasteiger partial charge in [0.05, 0.1) is 11.2 Å². The third kappa shape index (κ3) is 3.37. The van der Waals surface area contributed by atoms with E-state index in [2.05, 4.69) is 21.9 Å². The largest absolute Gasteiger partial charge is 0.476 e. The third-order valence-corrected chi connectivity index (χ3v) is 3.62. The molecule has 0 aliphatic carbocycles. The van der Waals surface area contributed by atoms with Crippen molar-refractivity contribution in [2.24, 2.45) is 0 Å². The lowest BCUT2D eigenvalue weighted by molar-refractivity contribution is 0.0688. The summed E-state index contributed by atoms with van der Waals surface area (Å²) in [4.78, 5) is 15.8. The smallest absolute Gasteiger partial charge is 0.356 e. The van der Waals surface area contributed by atoms with Gasteiger partial charge >= 0.3 is 5.97 Å². The molecular weight excluding hydrogens is 256 g/mol. The van der Waals surface area contributed by atoms with Gasteiger partial charge in [-0.05, 0) is 33.9 Å². The molecule has 2 heterocycles. The molecule has 112 valence electrons. The molecule has 0 spiro atoms. The molecule has 1 aliphatic rings. The van der Waals surface area contributed by atoms with Gasteiger partial charge in [0.1, 0.15) is 0 Å². The molecule has 1 fully saturated rings. The number of piperazine rings is 1. The van der Waals surface area contributed by atoms with Crippen LogP contribution in [0.25, 0.3) is 0 Å². The maximum Gasteiger partial charge on any atom is 0.356 e. The van der Waals surface area contributed by atoms with E-state index in [1.165, 1.54) is 0 Å². The van der Waals surface area contributed by atoms with Gasteiger partial charge in [-0.15, -0.1) is 0 Å². The van der Waals surface area contributed by atoms with Gasteiger partial charge in [-0.1, -0.05) is 0 Å². The van der Waals surface area contributed by atoms with Crippen LogP contribution in [0.3, 0.4) is 0 Å². The second kappa shape index (κ2) is 5.54. The van der Waals surface area contributed by atoms with Gasteiger partial charge in [0.2, 0.25) is 0 Å². The predicted molar refractivity (Wildman–Crippen MR) is 77.0 cm³/mol. The van der Waals surface area contributed by atoms with Crippen LogP contribution in [0.4, 0.5) is 0 Å². The highest BCUT2D eigenvalue weighted by Gasteiger charge is 2.24. The Balaban J connectivity index is 2.19. The first kappa shape index (κ1) is 15.0. The Morgan fingerprint density at radius 2 is 1.90 bits per heavy atom. The van der Waals surface area contributed by atoms with E-state index in [-0.39, 0.29) is 11.2 Å². The number of rotatable bonds is 3. The van der Waals surface area contributed by atoms with E-state index in [0.717, 1.165) is 38.4 Å². The van der Waals surface area contributed by atoms with E-state index in [4.69, 9.17) is 5.11 Å². The van der Waals surface area contributed by atoms with Crippen molar-refractivity contribution in [1.82, 2.24) is 19.6 Å². The lowest BCUT2D eigenvalue weighted by Gasteiger charge is -2.33. The van der Waals surface area contributed by atoms with Gasteiger partial charge in [-0.25, -0.2) is 4.79 Å². The minimum absolute atomic E-state index is 0.129. The van der Waals surface area contributed by atoms with Crippen LogP contribution < -0.4 is 0 Å². The van der Waals surface area contributed by atoms with Crippen LogP contribution in [0.5, 0.6) is 0 Å². The minimum Gasteiger partial charge on any atom is -0.476 e. The second-order valence-corrected chi connectivity index (χ2v) is 6.49. The first-order valence-corrected chi connectivity index (χ1v) is 7.01. The van der Waals surface area contributed by atoms with Crippen LogP contribution in [0.15, 0.2) is 6.07 Å². The number of nitrogens with zero attached hydrogens (tertiary/aromatic N) is 4. The molecule has 1 saturated heterocycles. The zero-order valence-electron chi connectivity index (χ0n) is 12.8. The Morgan fingerprint density at radius 1 is 1.30 bits per heavy atom. The molecule has 0 saturated carbocycles. The van der Waals surface area contributed by atoms with Crippen molar-refractivity contribution in [3.05, 3.63) is 17.5 Å². The number of hydrogen-bond acceptors (Lipinski definition) is 4. The van der Waals surface area contributed by atoms with Crippen LogP contribution in [-0.4, -0.2) is 63.9 Å². The second-order valence-electron chi connectivity index (χ2n) is 6.49. The van der Waals surface area contributed by atoms with Crippen LogP contribution >= 0.6 is 0 Å². The highest BCUT2D eigenvalue weighted by molar-refractivity contribution is 5.85. The highest BCUT2D eigenvalue weighted by atomic mass is 16.4. The predicted octanol–water partition coefficient (Wildman–Crippen LogP) is 1.08. The Hall–Kier alpha value is -1.40. The monoisotopic (exact) mass is 280 g/mol. The summed E-state index contributed by atoms with van der Waals surface area (Å²) in [6, 6.07) is 1.70. The first-order valence-electron chi connectivity index (χ1n) is 7.01. The molecule has 6 nitrogen and oxygen atoms in total. The summed E-state index contributed by atoms with van der Waals surface area (Å²) in [6.45, 7) is 11.0. The molecule has 0 aromatic carbocycles. The summed E-state index contributed by atoms with van der Waals surface area (Å²) in [7, 11) is 2.12. The van der Waals surface area contributed by atoms with Crippen LogP contribution in [0.2, 0.25) is 0 Å². The van der Waals surface area contributed by atoms with Gasteiger partial charge in [0.15, 0.2) is 5.69 Å². The number of aromatic nitrogens is 2. The number of carboxylic acids is 1. The van der Waals surface area contributed by atoms with Crippen molar-refractivity contribution in [3.63, 3.8) is 0 Å². The normalized spacial score (nSPS) is 18.4. The van der Waals surface area contributed by atoms with E-state index in [1.54, 1.807) is 6.07 Å². The molecule has 0 atom stereocenters. The highest BCUT2D eigenvalue weighted by Crippen LogP contribution is 2.19. The van der Waals surface area contributed by atoms with E-state index in [1.807, 2.05) is 25.5 Å². The third-order valence-electron chi connectivity index (χ3n) is 3.62. The Morgan fingerprint density at radius 3 is 2.40 bits per heavy atom. The van der Waals surface area contributed by atoms with Crippen molar-refractivity contribution in [1.29, 1.82) is 0 Å². The van der Waals surface area contributed by atoms with Crippen molar-refractivity contribution >= 4 is 5.97 Å². The average Bonchev–Trinajstić information content (AvgIpc) is 2.76. The fourth-order valence-electron chi connectivity index (χ4n) is 2.45. The topological polar surface area (TPSA) is 61.6 Å². The van der Waals surface area contributed by atoms with Gasteiger partial charge in [0, 0.05) is 32.7 Å². The molecule has 20 heavy (non-hydrogen) atoms. The zero-order valence-corrected chi connectivity index (χ0v) is 12.8. The van der Waals surface area contributed by atoms with Gasteiger partial charge in [-0.3, -0.25) is 9.58 Å². The van der Waals surface area contributed by atoms with Gasteiger partial charge in [0.25, 0.3) is 0 Å². The minimum atomic E-state index is -0.965. The number of carbonyl (C=O) groups is 1. The average molecular weight is 280 g/mol. The van der Waals surface area contributed by atoms with Crippen LogP contribution in [0.1, 0.15) is 37.0 Å². The summed E-state index contributed by atoms with van der Waals surface area (Å²) >= 11 is 0. The fraction of sp³-hybridized carbons (Fsp3) is 0.714. The lowest BCUT2D eigenvalue weighted by Crippen LogP contribution is -2.44. The van der Waals surface area contributed by atoms with Crippen molar-refractivity contribution in [3.8, 4) is 0 Å². The van der Waals surface area contributed by atoms with Crippen molar-refractivity contribution in [2.45, 2.75) is 32.9 Å². The molecule has 1 aromatic heterocycles. The first-order chi connectivity index (χ1) is 9.27. The fourth-order valence-corrected chi connectivity index (χ4v) is 2.45. The van der Waals surface area contributed by atoms with Crippen molar-refractivity contribution in [2.75, 3.05) is 33.2 Å². The molecular formula is C14H24N4O2. The quantitative estimate of drug-likeness (QED) is 0.898. The molecule has 1 N–H and O–H groups in total. The Bertz CT molecular complexity index is 482. The molecule has 2 rings (SSSR count). The Labute approximate surface area is 120 Å². The molecule has 0 radical (unpaired) electrons. The zero-order chi connectivity index (χ0) is 14.9. The van der Waals surface area contributed by atoms with Gasteiger partial charge in [-0.2, -0.15) is 5.10 Å². The standard InChI is InChI=1S/C14H24N4O2/c1-14(2,3)18-11(9-12(15-18)13(19)20)10-17-7-5-16(4)6-8-17/h9H,5-8,10H2,1-4H3,(H,19,20). The molecule has 1 aliphatic heterocycles. The van der Waals surface area contributed by atoms with E-state index < -0.39 is 5.97 Å². The van der Waals surface area contributed by atoms with Crippen LogP contribution in [0, 0.1) is 0 Å².